The summed E-state index contributed by atoms with van der Waals surface area (Å²) in [5.74, 6) is -0.360. The van der Waals surface area contributed by atoms with Crippen molar-refractivity contribution >= 4 is 23.0 Å². The van der Waals surface area contributed by atoms with Crippen molar-refractivity contribution in [1.82, 2.24) is 15.2 Å². The molecular weight excluding hydrogens is 258 g/mol. The maximum Gasteiger partial charge on any atom is 0.246 e. The number of nitriles is 1. The number of carbonyl (C=O) groups excluding carboxylic acids is 1. The summed E-state index contributed by atoms with van der Waals surface area (Å²) in [6, 6.07) is 5.65. The smallest absolute Gasteiger partial charge is 0.246 e. The van der Waals surface area contributed by atoms with E-state index in [-0.39, 0.29) is 12.1 Å². The molecule has 4 rings (SSSR count). The van der Waals surface area contributed by atoms with Crippen molar-refractivity contribution in [3.63, 3.8) is 0 Å². The van der Waals surface area contributed by atoms with Crippen LogP contribution in [0.4, 0.5) is 17.1 Å². The monoisotopic (exact) mass is 267 g/mol. The van der Waals surface area contributed by atoms with Gasteiger partial charge in [0.1, 0.15) is 6.33 Å². The van der Waals surface area contributed by atoms with Crippen molar-refractivity contribution in [2.24, 2.45) is 0 Å². The van der Waals surface area contributed by atoms with Crippen LogP contribution in [0.5, 0.6) is 0 Å². The second-order valence-corrected chi connectivity index (χ2v) is 4.63. The van der Waals surface area contributed by atoms with Crippen LogP contribution in [0, 0.1) is 11.3 Å². The Morgan fingerprint density at radius 3 is 2.70 bits per heavy atom. The average Bonchev–Trinajstić information content (AvgIpc) is 3.12. The molecule has 2 aliphatic rings. The summed E-state index contributed by atoms with van der Waals surface area (Å²) in [5, 5.41) is 24.8. The number of carbonyl (C=O) groups is 1. The number of aromatic nitrogens is 3. The summed E-state index contributed by atoms with van der Waals surface area (Å²) in [6.07, 6.45) is 1.24. The number of anilines is 3. The van der Waals surface area contributed by atoms with Crippen LogP contribution in [0.1, 0.15) is 23.5 Å². The lowest BCUT2D eigenvalue weighted by molar-refractivity contribution is -0.115. The number of H-pyrrole nitrogens is 1. The molecule has 0 saturated carbocycles. The van der Waals surface area contributed by atoms with E-state index in [1.807, 2.05) is 18.2 Å². The molecule has 0 aliphatic carbocycles. The first kappa shape index (κ1) is 10.8. The highest BCUT2D eigenvalue weighted by Gasteiger charge is 2.34. The van der Waals surface area contributed by atoms with Gasteiger partial charge in [-0.15, -0.1) is 0 Å². The largest absolute Gasteiger partial charge is 0.357 e. The van der Waals surface area contributed by atoms with Gasteiger partial charge in [0.2, 0.25) is 5.91 Å². The molecule has 20 heavy (non-hydrogen) atoms. The van der Waals surface area contributed by atoms with Gasteiger partial charge in [0.15, 0.2) is 17.9 Å². The molecule has 0 radical (unpaired) electrons. The Bertz CT molecular complexity index is 746. The Balaban J connectivity index is 1.72. The van der Waals surface area contributed by atoms with Gasteiger partial charge in [-0.2, -0.15) is 10.4 Å². The number of hydrogen-bond donors (Lipinski definition) is 4. The van der Waals surface area contributed by atoms with Gasteiger partial charge < -0.3 is 16.0 Å². The first-order chi connectivity index (χ1) is 9.76. The highest BCUT2D eigenvalue weighted by Crippen LogP contribution is 2.42. The molecule has 8 heteroatoms. The van der Waals surface area contributed by atoms with E-state index in [9.17, 15) is 4.79 Å². The van der Waals surface area contributed by atoms with E-state index in [2.05, 4.69) is 31.1 Å². The lowest BCUT2D eigenvalue weighted by Gasteiger charge is -2.07. The molecule has 1 aromatic carbocycles. The third-order valence-electron chi connectivity index (χ3n) is 3.46. The number of nitrogens with one attached hydrogen (secondary N) is 4. The topological polar surface area (TPSA) is 119 Å². The van der Waals surface area contributed by atoms with Crippen LogP contribution in [0.3, 0.4) is 0 Å². The molecule has 2 aliphatic heterocycles. The second kappa shape index (κ2) is 3.71. The van der Waals surface area contributed by atoms with Gasteiger partial charge in [-0.3, -0.25) is 9.89 Å². The van der Waals surface area contributed by atoms with Crippen molar-refractivity contribution in [2.45, 2.75) is 12.1 Å². The van der Waals surface area contributed by atoms with E-state index in [1.54, 1.807) is 0 Å². The van der Waals surface area contributed by atoms with Gasteiger partial charge in [-0.25, -0.2) is 4.98 Å². The zero-order valence-corrected chi connectivity index (χ0v) is 10.1. The fourth-order valence-electron chi connectivity index (χ4n) is 2.51. The molecule has 2 aromatic rings. The Kier molecular flexibility index (Phi) is 2.00. The van der Waals surface area contributed by atoms with Gasteiger partial charge >= 0.3 is 0 Å². The Labute approximate surface area is 113 Å². The third-order valence-corrected chi connectivity index (χ3v) is 3.46. The van der Waals surface area contributed by atoms with Crippen LogP contribution in [-0.2, 0) is 4.79 Å². The zero-order valence-electron chi connectivity index (χ0n) is 10.1. The highest BCUT2D eigenvalue weighted by atomic mass is 16.2. The standard InChI is InChI=1S/C12H9N7O/c13-3-6-5-1-8-9(2-7(5)18-12(6)20)17-11(16-8)10-14-4-15-19-10/h1-2,4,6,11,16-17H,(H,18,20)(H,14,15,19). The van der Waals surface area contributed by atoms with Crippen LogP contribution in [0.2, 0.25) is 0 Å². The molecular formula is C12H9N7O. The Hall–Kier alpha value is -3.08. The molecule has 2 atom stereocenters. The van der Waals surface area contributed by atoms with Crippen molar-refractivity contribution in [3.05, 3.63) is 29.8 Å². The van der Waals surface area contributed by atoms with Crippen LogP contribution >= 0.6 is 0 Å². The summed E-state index contributed by atoms with van der Waals surface area (Å²) in [4.78, 5) is 15.7. The fraction of sp³-hybridized carbons (Fsp3) is 0.167. The summed E-state index contributed by atoms with van der Waals surface area (Å²) < 4.78 is 0. The fourth-order valence-corrected chi connectivity index (χ4v) is 2.51. The lowest BCUT2D eigenvalue weighted by atomic mass is 10.0. The first-order valence-corrected chi connectivity index (χ1v) is 6.03. The van der Waals surface area contributed by atoms with E-state index >= 15 is 0 Å². The molecule has 4 N–H and O–H groups in total. The van der Waals surface area contributed by atoms with Crippen LogP contribution in [-0.4, -0.2) is 21.1 Å². The lowest BCUT2D eigenvalue weighted by Crippen LogP contribution is -2.14. The predicted octanol–water partition coefficient (Wildman–Crippen LogP) is 0.900. The van der Waals surface area contributed by atoms with Crippen LogP contribution in [0.15, 0.2) is 18.5 Å². The quantitative estimate of drug-likeness (QED) is 0.609. The molecule has 1 aromatic heterocycles. The van der Waals surface area contributed by atoms with Crippen molar-refractivity contribution in [3.8, 4) is 6.07 Å². The number of fused-ring (bicyclic) bond motifs is 2. The maximum absolute atomic E-state index is 11.6. The number of nitrogens with zero attached hydrogens (tertiary/aromatic N) is 3. The molecule has 3 heterocycles. The zero-order chi connectivity index (χ0) is 13.7. The van der Waals surface area contributed by atoms with Crippen LogP contribution < -0.4 is 16.0 Å². The molecule has 0 spiro atoms. The number of aromatic amines is 1. The molecule has 8 nitrogen and oxygen atoms in total. The van der Waals surface area contributed by atoms with Crippen molar-refractivity contribution in [1.29, 1.82) is 5.26 Å². The highest BCUT2D eigenvalue weighted by molar-refractivity contribution is 6.06. The number of hydrogen-bond acceptors (Lipinski definition) is 6. The van der Waals surface area contributed by atoms with E-state index in [1.165, 1.54) is 6.33 Å². The van der Waals surface area contributed by atoms with E-state index in [0.717, 1.165) is 11.4 Å². The average molecular weight is 267 g/mol. The minimum atomic E-state index is -0.749. The summed E-state index contributed by atoms with van der Waals surface area (Å²) >= 11 is 0. The molecule has 0 saturated heterocycles. The molecule has 2 unspecified atom stereocenters. The summed E-state index contributed by atoms with van der Waals surface area (Å²) in [7, 11) is 0. The maximum atomic E-state index is 11.6. The van der Waals surface area contributed by atoms with E-state index in [0.29, 0.717) is 17.1 Å². The minimum Gasteiger partial charge on any atom is -0.357 e. The molecule has 0 bridgehead atoms. The summed E-state index contributed by atoms with van der Waals surface area (Å²) in [6.45, 7) is 0. The number of rotatable bonds is 1. The normalized spacial score (nSPS) is 22.2. The Morgan fingerprint density at radius 2 is 2.00 bits per heavy atom. The second-order valence-electron chi connectivity index (χ2n) is 4.63. The minimum absolute atomic E-state index is 0.203. The first-order valence-electron chi connectivity index (χ1n) is 6.03. The molecule has 1 amide bonds. The Morgan fingerprint density at radius 1 is 1.20 bits per heavy atom. The van der Waals surface area contributed by atoms with E-state index < -0.39 is 5.92 Å². The van der Waals surface area contributed by atoms with Crippen molar-refractivity contribution < 1.29 is 4.79 Å². The number of amides is 1. The van der Waals surface area contributed by atoms with Gasteiger partial charge in [-0.05, 0) is 12.1 Å². The molecule has 98 valence electrons. The van der Waals surface area contributed by atoms with Gasteiger partial charge in [-0.1, -0.05) is 0 Å². The molecule has 0 fully saturated rings. The van der Waals surface area contributed by atoms with E-state index in [4.69, 9.17) is 5.26 Å². The van der Waals surface area contributed by atoms with Crippen LogP contribution in [0.25, 0.3) is 0 Å². The van der Waals surface area contributed by atoms with Gasteiger partial charge in [0, 0.05) is 11.3 Å². The van der Waals surface area contributed by atoms with Gasteiger partial charge in [0.25, 0.3) is 0 Å². The van der Waals surface area contributed by atoms with Crippen molar-refractivity contribution in [2.75, 3.05) is 16.0 Å². The number of benzene rings is 1. The SMILES string of the molecule is N#CC1C(=O)Nc2cc3c(cc21)NC(c1ncn[nH]1)N3. The summed E-state index contributed by atoms with van der Waals surface area (Å²) in [5.41, 5.74) is 3.06. The third kappa shape index (κ3) is 1.37. The van der Waals surface area contributed by atoms with Gasteiger partial charge in [0.05, 0.1) is 17.4 Å². The predicted molar refractivity (Wildman–Crippen MR) is 69.8 cm³/mol.